The van der Waals surface area contributed by atoms with Gasteiger partial charge in [-0.05, 0) is 41.5 Å². The standard InChI is InChI=1S/C27H24F3N7O/c28-27(29,30)21-10-8-19(9-11-21)17-37-18-34-23-24(32-13-14-38-22-6-2-1-3-7-22)35-26(36-25(23)37)33-16-20-5-4-12-31-15-20/h1-12,15,18H,13-14,16-17H2,(H2,32,33,35,36). The van der Waals surface area contributed by atoms with Crippen LogP contribution in [0.5, 0.6) is 5.75 Å². The Kier molecular flexibility index (Phi) is 7.34. The lowest BCUT2D eigenvalue weighted by Gasteiger charge is -2.12. The second kappa shape index (κ2) is 11.2. The van der Waals surface area contributed by atoms with E-state index in [1.807, 2.05) is 42.5 Å². The molecule has 0 aliphatic carbocycles. The molecule has 5 aromatic rings. The Labute approximate surface area is 216 Å². The minimum absolute atomic E-state index is 0.296. The number of ether oxygens (including phenoxy) is 1. The lowest BCUT2D eigenvalue weighted by atomic mass is 10.1. The number of halogens is 3. The van der Waals surface area contributed by atoms with Gasteiger partial charge in [0, 0.05) is 18.9 Å². The molecule has 38 heavy (non-hydrogen) atoms. The third-order valence-corrected chi connectivity index (χ3v) is 5.68. The van der Waals surface area contributed by atoms with Crippen LogP contribution in [0.3, 0.4) is 0 Å². The van der Waals surface area contributed by atoms with Crippen LogP contribution in [-0.2, 0) is 19.3 Å². The third kappa shape index (κ3) is 6.17. The van der Waals surface area contributed by atoms with E-state index in [1.54, 1.807) is 23.3 Å². The first-order chi connectivity index (χ1) is 18.5. The third-order valence-electron chi connectivity index (χ3n) is 5.68. The fourth-order valence-corrected chi connectivity index (χ4v) is 3.80. The molecule has 3 aromatic heterocycles. The number of fused-ring (bicyclic) bond motifs is 1. The Morgan fingerprint density at radius 1 is 0.868 bits per heavy atom. The maximum absolute atomic E-state index is 13.0. The number of para-hydroxylation sites is 1. The summed E-state index contributed by atoms with van der Waals surface area (Å²) in [5.41, 5.74) is 2.04. The molecule has 11 heteroatoms. The molecule has 0 radical (unpaired) electrons. The average molecular weight is 520 g/mol. The SMILES string of the molecule is FC(F)(F)c1ccc(Cn2cnc3c(NCCOc4ccccc4)nc(NCc4cccnc4)nc32)cc1. The second-order valence-corrected chi connectivity index (χ2v) is 8.44. The van der Waals surface area contributed by atoms with Crippen molar-refractivity contribution in [2.75, 3.05) is 23.8 Å². The van der Waals surface area contributed by atoms with Crippen molar-refractivity contribution in [3.63, 3.8) is 0 Å². The van der Waals surface area contributed by atoms with Gasteiger partial charge in [0.2, 0.25) is 5.95 Å². The molecule has 2 N–H and O–H groups in total. The fraction of sp³-hybridized carbons (Fsp3) is 0.185. The van der Waals surface area contributed by atoms with Gasteiger partial charge in [0.15, 0.2) is 17.0 Å². The number of rotatable bonds is 10. The highest BCUT2D eigenvalue weighted by Crippen LogP contribution is 2.29. The molecule has 0 aliphatic rings. The van der Waals surface area contributed by atoms with Gasteiger partial charge in [-0.3, -0.25) is 4.98 Å². The number of alkyl halides is 3. The lowest BCUT2D eigenvalue weighted by Crippen LogP contribution is -2.14. The Bertz CT molecular complexity index is 1470. The van der Waals surface area contributed by atoms with Crippen LogP contribution in [0.4, 0.5) is 24.9 Å². The number of nitrogens with one attached hydrogen (secondary N) is 2. The van der Waals surface area contributed by atoms with Crippen LogP contribution < -0.4 is 15.4 Å². The first-order valence-electron chi connectivity index (χ1n) is 11.9. The summed E-state index contributed by atoms with van der Waals surface area (Å²) in [6, 6.07) is 18.3. The number of hydrogen-bond acceptors (Lipinski definition) is 7. The van der Waals surface area contributed by atoms with Gasteiger partial charge in [0.1, 0.15) is 12.4 Å². The summed E-state index contributed by atoms with van der Waals surface area (Å²) >= 11 is 0. The quantitative estimate of drug-likeness (QED) is 0.239. The van der Waals surface area contributed by atoms with E-state index in [9.17, 15) is 13.2 Å². The summed E-state index contributed by atoms with van der Waals surface area (Å²) in [5.74, 6) is 1.66. The molecule has 194 valence electrons. The van der Waals surface area contributed by atoms with Gasteiger partial charge >= 0.3 is 6.18 Å². The molecule has 0 bridgehead atoms. The molecule has 0 aliphatic heterocycles. The van der Waals surface area contributed by atoms with Crippen LogP contribution in [0.2, 0.25) is 0 Å². The van der Waals surface area contributed by atoms with Gasteiger partial charge < -0.3 is 19.9 Å². The summed E-state index contributed by atoms with van der Waals surface area (Å²) in [4.78, 5) is 17.9. The Hall–Kier alpha value is -4.67. The molecular weight excluding hydrogens is 495 g/mol. The monoisotopic (exact) mass is 519 g/mol. The van der Waals surface area contributed by atoms with Crippen molar-refractivity contribution in [3.05, 3.63) is 102 Å². The van der Waals surface area contributed by atoms with E-state index in [1.165, 1.54) is 12.1 Å². The van der Waals surface area contributed by atoms with E-state index in [0.29, 0.717) is 54.7 Å². The molecule has 2 aromatic carbocycles. The molecule has 8 nitrogen and oxygen atoms in total. The number of hydrogen-bond donors (Lipinski definition) is 2. The second-order valence-electron chi connectivity index (χ2n) is 8.44. The zero-order valence-corrected chi connectivity index (χ0v) is 20.2. The average Bonchev–Trinajstić information content (AvgIpc) is 3.33. The first-order valence-corrected chi connectivity index (χ1v) is 11.9. The van der Waals surface area contributed by atoms with Gasteiger partial charge in [-0.15, -0.1) is 0 Å². The minimum atomic E-state index is -4.38. The number of aromatic nitrogens is 5. The molecular formula is C27H24F3N7O. The van der Waals surface area contributed by atoms with E-state index >= 15 is 0 Å². The van der Waals surface area contributed by atoms with E-state index in [0.717, 1.165) is 23.4 Å². The first kappa shape index (κ1) is 25.0. The van der Waals surface area contributed by atoms with Crippen molar-refractivity contribution in [2.45, 2.75) is 19.3 Å². The fourth-order valence-electron chi connectivity index (χ4n) is 3.80. The Morgan fingerprint density at radius 3 is 2.42 bits per heavy atom. The van der Waals surface area contributed by atoms with Crippen LogP contribution in [0.15, 0.2) is 85.5 Å². The number of benzene rings is 2. The Morgan fingerprint density at radius 2 is 1.68 bits per heavy atom. The molecule has 0 unspecified atom stereocenters. The van der Waals surface area contributed by atoms with Crippen molar-refractivity contribution in [1.29, 1.82) is 0 Å². The Balaban J connectivity index is 1.37. The minimum Gasteiger partial charge on any atom is -0.492 e. The van der Waals surface area contributed by atoms with Gasteiger partial charge in [-0.25, -0.2) is 4.98 Å². The molecule has 0 fully saturated rings. The predicted molar refractivity (Wildman–Crippen MR) is 138 cm³/mol. The molecule has 0 saturated heterocycles. The van der Waals surface area contributed by atoms with E-state index in [-0.39, 0.29) is 0 Å². The maximum Gasteiger partial charge on any atom is 0.416 e. The summed E-state index contributed by atoms with van der Waals surface area (Å²) in [7, 11) is 0. The van der Waals surface area contributed by atoms with Crippen molar-refractivity contribution < 1.29 is 17.9 Å². The summed E-state index contributed by atoms with van der Waals surface area (Å²) in [5, 5.41) is 6.48. The zero-order valence-electron chi connectivity index (χ0n) is 20.2. The topological polar surface area (TPSA) is 89.8 Å². The van der Waals surface area contributed by atoms with E-state index in [4.69, 9.17) is 4.74 Å². The van der Waals surface area contributed by atoms with E-state index < -0.39 is 11.7 Å². The summed E-state index contributed by atoms with van der Waals surface area (Å²) in [6.07, 6.45) is 0.673. The van der Waals surface area contributed by atoms with Crippen LogP contribution >= 0.6 is 0 Å². The molecule has 0 saturated carbocycles. The smallest absolute Gasteiger partial charge is 0.416 e. The van der Waals surface area contributed by atoms with Crippen molar-refractivity contribution in [3.8, 4) is 5.75 Å². The van der Waals surface area contributed by atoms with Gasteiger partial charge in [0.25, 0.3) is 0 Å². The van der Waals surface area contributed by atoms with Crippen molar-refractivity contribution >= 4 is 22.9 Å². The van der Waals surface area contributed by atoms with Crippen molar-refractivity contribution in [2.24, 2.45) is 0 Å². The van der Waals surface area contributed by atoms with Crippen LogP contribution in [0.25, 0.3) is 11.2 Å². The summed E-state index contributed by atoms with van der Waals surface area (Å²) in [6.45, 7) is 1.63. The highest BCUT2D eigenvalue weighted by Gasteiger charge is 2.30. The number of nitrogens with zero attached hydrogens (tertiary/aromatic N) is 5. The molecule has 5 rings (SSSR count). The van der Waals surface area contributed by atoms with Crippen LogP contribution in [-0.4, -0.2) is 37.7 Å². The normalized spacial score (nSPS) is 11.4. The van der Waals surface area contributed by atoms with Gasteiger partial charge in [-0.2, -0.15) is 23.1 Å². The molecule has 0 amide bonds. The van der Waals surface area contributed by atoms with Crippen LogP contribution in [0.1, 0.15) is 16.7 Å². The molecule has 0 atom stereocenters. The van der Waals surface area contributed by atoms with Gasteiger partial charge in [-0.1, -0.05) is 36.4 Å². The van der Waals surface area contributed by atoms with Gasteiger partial charge in [0.05, 0.1) is 25.0 Å². The largest absolute Gasteiger partial charge is 0.492 e. The number of imidazole rings is 1. The van der Waals surface area contributed by atoms with E-state index in [2.05, 4.69) is 30.6 Å². The number of pyridine rings is 1. The number of anilines is 2. The van der Waals surface area contributed by atoms with Crippen molar-refractivity contribution in [1.82, 2.24) is 24.5 Å². The lowest BCUT2D eigenvalue weighted by molar-refractivity contribution is -0.137. The molecule has 3 heterocycles. The summed E-state index contributed by atoms with van der Waals surface area (Å²) < 4.78 is 46.4. The maximum atomic E-state index is 13.0. The highest BCUT2D eigenvalue weighted by molar-refractivity contribution is 5.84. The highest BCUT2D eigenvalue weighted by atomic mass is 19.4. The predicted octanol–water partition coefficient (Wildman–Crippen LogP) is 5.39. The van der Waals surface area contributed by atoms with Crippen LogP contribution in [0, 0.1) is 0 Å². The molecule has 0 spiro atoms. The zero-order chi connectivity index (χ0) is 26.4.